The summed E-state index contributed by atoms with van der Waals surface area (Å²) in [5.74, 6) is 0.843. The SMILES string of the molecule is C=CO/C=C\CC1CCNCC1. The van der Waals surface area contributed by atoms with Crippen molar-refractivity contribution >= 4 is 0 Å². The fourth-order valence-corrected chi connectivity index (χ4v) is 1.48. The van der Waals surface area contributed by atoms with Crippen molar-refractivity contribution < 1.29 is 4.74 Å². The zero-order chi connectivity index (χ0) is 8.65. The Kier molecular flexibility index (Phi) is 4.54. The molecule has 1 fully saturated rings. The van der Waals surface area contributed by atoms with Gasteiger partial charge in [-0.3, -0.25) is 0 Å². The van der Waals surface area contributed by atoms with Gasteiger partial charge in [-0.2, -0.15) is 0 Å². The number of rotatable bonds is 4. The predicted molar refractivity (Wildman–Crippen MR) is 50.6 cm³/mol. The Morgan fingerprint density at radius 1 is 1.42 bits per heavy atom. The highest BCUT2D eigenvalue weighted by Crippen LogP contribution is 2.15. The van der Waals surface area contributed by atoms with Gasteiger partial charge in [0.2, 0.25) is 0 Å². The van der Waals surface area contributed by atoms with Crippen LogP contribution in [0.5, 0.6) is 0 Å². The first-order chi connectivity index (χ1) is 5.93. The van der Waals surface area contributed by atoms with Crippen LogP contribution in [0.2, 0.25) is 0 Å². The zero-order valence-electron chi connectivity index (χ0n) is 7.46. The maximum atomic E-state index is 4.89. The fourth-order valence-electron chi connectivity index (χ4n) is 1.48. The van der Waals surface area contributed by atoms with Gasteiger partial charge < -0.3 is 10.1 Å². The van der Waals surface area contributed by atoms with E-state index in [2.05, 4.69) is 18.0 Å². The van der Waals surface area contributed by atoms with Gasteiger partial charge in [0.15, 0.2) is 0 Å². The lowest BCUT2D eigenvalue weighted by Gasteiger charge is -2.20. The molecular weight excluding hydrogens is 150 g/mol. The summed E-state index contributed by atoms with van der Waals surface area (Å²) in [4.78, 5) is 0. The largest absolute Gasteiger partial charge is 0.474 e. The summed E-state index contributed by atoms with van der Waals surface area (Å²) < 4.78 is 4.89. The van der Waals surface area contributed by atoms with Crippen molar-refractivity contribution in [2.75, 3.05) is 13.1 Å². The van der Waals surface area contributed by atoms with Crippen LogP contribution in [-0.2, 0) is 4.74 Å². The van der Waals surface area contributed by atoms with Crippen molar-refractivity contribution in [3.05, 3.63) is 25.2 Å². The minimum atomic E-state index is 0.843. The molecule has 1 aliphatic heterocycles. The molecule has 1 aliphatic rings. The molecule has 0 aromatic rings. The van der Waals surface area contributed by atoms with Crippen LogP contribution in [0.1, 0.15) is 19.3 Å². The van der Waals surface area contributed by atoms with Crippen LogP contribution in [-0.4, -0.2) is 13.1 Å². The van der Waals surface area contributed by atoms with Gasteiger partial charge in [0.05, 0.1) is 12.5 Å². The third kappa shape index (κ3) is 3.58. The molecule has 0 aliphatic carbocycles. The molecule has 0 aromatic heterocycles. The van der Waals surface area contributed by atoms with Crippen LogP contribution in [0.15, 0.2) is 25.2 Å². The smallest absolute Gasteiger partial charge is 0.0861 e. The number of ether oxygens (including phenoxy) is 1. The highest BCUT2D eigenvalue weighted by Gasteiger charge is 2.10. The number of piperidine rings is 1. The van der Waals surface area contributed by atoms with Crippen LogP contribution in [0.4, 0.5) is 0 Å². The Hall–Kier alpha value is -0.760. The Bertz CT molecular complexity index is 148. The van der Waals surface area contributed by atoms with E-state index in [1.54, 1.807) is 6.26 Å². The summed E-state index contributed by atoms with van der Waals surface area (Å²) in [6, 6.07) is 0. The van der Waals surface area contributed by atoms with E-state index in [4.69, 9.17) is 4.74 Å². The number of hydrogen-bond donors (Lipinski definition) is 1. The van der Waals surface area contributed by atoms with Gasteiger partial charge in [0.1, 0.15) is 0 Å². The van der Waals surface area contributed by atoms with Crippen LogP contribution >= 0.6 is 0 Å². The van der Waals surface area contributed by atoms with Crippen molar-refractivity contribution in [2.45, 2.75) is 19.3 Å². The van der Waals surface area contributed by atoms with E-state index in [0.717, 1.165) is 12.3 Å². The van der Waals surface area contributed by atoms with Gasteiger partial charge in [-0.25, -0.2) is 0 Å². The third-order valence-corrected chi connectivity index (χ3v) is 2.20. The molecule has 0 atom stereocenters. The Morgan fingerprint density at radius 2 is 2.17 bits per heavy atom. The molecule has 0 spiro atoms. The molecule has 1 saturated heterocycles. The second-order valence-corrected chi connectivity index (χ2v) is 3.10. The molecule has 1 N–H and O–H groups in total. The summed E-state index contributed by atoms with van der Waals surface area (Å²) in [5, 5.41) is 3.34. The van der Waals surface area contributed by atoms with Crippen molar-refractivity contribution in [1.82, 2.24) is 5.32 Å². The van der Waals surface area contributed by atoms with Crippen LogP contribution in [0.25, 0.3) is 0 Å². The standard InChI is InChI=1S/C10H17NO/c1-2-12-9-3-4-10-5-7-11-8-6-10/h2-3,9-11H,1,4-8H2/b9-3-. The van der Waals surface area contributed by atoms with E-state index >= 15 is 0 Å². The number of allylic oxidation sites excluding steroid dienone is 1. The van der Waals surface area contributed by atoms with E-state index in [-0.39, 0.29) is 0 Å². The van der Waals surface area contributed by atoms with E-state index in [1.165, 1.54) is 32.2 Å². The molecule has 0 unspecified atom stereocenters. The lowest BCUT2D eigenvalue weighted by atomic mass is 9.95. The molecule has 2 heteroatoms. The predicted octanol–water partition coefficient (Wildman–Crippen LogP) is 2.05. The quantitative estimate of drug-likeness (QED) is 0.647. The molecule has 1 rings (SSSR count). The zero-order valence-corrected chi connectivity index (χ0v) is 7.46. The average Bonchev–Trinajstić information content (AvgIpc) is 2.14. The monoisotopic (exact) mass is 167 g/mol. The summed E-state index contributed by atoms with van der Waals surface area (Å²) >= 11 is 0. The van der Waals surface area contributed by atoms with Crippen LogP contribution in [0.3, 0.4) is 0 Å². The Balaban J connectivity index is 2.08. The molecule has 0 radical (unpaired) electrons. The molecule has 68 valence electrons. The molecule has 0 aromatic carbocycles. The summed E-state index contributed by atoms with van der Waals surface area (Å²) in [6.07, 6.45) is 8.96. The van der Waals surface area contributed by atoms with Gasteiger partial charge in [-0.05, 0) is 44.3 Å². The normalized spacial score (nSPS) is 19.7. The fraction of sp³-hybridized carbons (Fsp3) is 0.600. The Morgan fingerprint density at radius 3 is 2.83 bits per heavy atom. The van der Waals surface area contributed by atoms with Gasteiger partial charge >= 0.3 is 0 Å². The molecule has 0 amide bonds. The van der Waals surface area contributed by atoms with Crippen LogP contribution < -0.4 is 5.32 Å². The maximum absolute atomic E-state index is 4.89. The lowest BCUT2D eigenvalue weighted by molar-refractivity contribution is 0.367. The van der Waals surface area contributed by atoms with Crippen molar-refractivity contribution in [3.63, 3.8) is 0 Å². The molecule has 2 nitrogen and oxygen atoms in total. The van der Waals surface area contributed by atoms with E-state index < -0.39 is 0 Å². The van der Waals surface area contributed by atoms with E-state index in [9.17, 15) is 0 Å². The average molecular weight is 167 g/mol. The third-order valence-electron chi connectivity index (χ3n) is 2.20. The highest BCUT2D eigenvalue weighted by molar-refractivity contribution is 4.81. The van der Waals surface area contributed by atoms with Gasteiger partial charge in [0, 0.05) is 0 Å². The summed E-state index contributed by atoms with van der Waals surface area (Å²) in [5.41, 5.74) is 0. The van der Waals surface area contributed by atoms with Crippen molar-refractivity contribution in [1.29, 1.82) is 0 Å². The lowest BCUT2D eigenvalue weighted by Crippen LogP contribution is -2.27. The summed E-state index contributed by atoms with van der Waals surface area (Å²) in [7, 11) is 0. The van der Waals surface area contributed by atoms with Crippen molar-refractivity contribution in [2.24, 2.45) is 5.92 Å². The van der Waals surface area contributed by atoms with Gasteiger partial charge in [-0.1, -0.05) is 6.58 Å². The highest BCUT2D eigenvalue weighted by atomic mass is 16.5. The maximum Gasteiger partial charge on any atom is 0.0861 e. The van der Waals surface area contributed by atoms with E-state index in [1.807, 2.05) is 0 Å². The second-order valence-electron chi connectivity index (χ2n) is 3.10. The Labute approximate surface area is 74.3 Å². The first-order valence-corrected chi connectivity index (χ1v) is 4.55. The summed E-state index contributed by atoms with van der Waals surface area (Å²) in [6.45, 7) is 5.80. The molecule has 0 bridgehead atoms. The number of nitrogens with one attached hydrogen (secondary N) is 1. The molecular formula is C10H17NO. The minimum Gasteiger partial charge on any atom is -0.474 e. The van der Waals surface area contributed by atoms with Gasteiger partial charge in [0.25, 0.3) is 0 Å². The van der Waals surface area contributed by atoms with Crippen molar-refractivity contribution in [3.8, 4) is 0 Å². The molecule has 0 saturated carbocycles. The molecule has 1 heterocycles. The topological polar surface area (TPSA) is 21.3 Å². The van der Waals surface area contributed by atoms with E-state index in [0.29, 0.717) is 0 Å². The van der Waals surface area contributed by atoms with Gasteiger partial charge in [-0.15, -0.1) is 0 Å². The first-order valence-electron chi connectivity index (χ1n) is 4.55. The number of hydrogen-bond acceptors (Lipinski definition) is 2. The second kappa shape index (κ2) is 5.84. The minimum absolute atomic E-state index is 0.843. The molecule has 12 heavy (non-hydrogen) atoms. The van der Waals surface area contributed by atoms with Crippen LogP contribution in [0, 0.1) is 5.92 Å². The first kappa shape index (κ1) is 9.33.